The summed E-state index contributed by atoms with van der Waals surface area (Å²) in [5.74, 6) is 1.69. The van der Waals surface area contributed by atoms with Crippen LogP contribution in [-0.2, 0) is 0 Å². The summed E-state index contributed by atoms with van der Waals surface area (Å²) in [5, 5.41) is 0. The number of halogens is 1. The van der Waals surface area contributed by atoms with Crippen LogP contribution < -0.4 is 9.47 Å². The maximum absolute atomic E-state index is 12.2. The second kappa shape index (κ2) is 4.35. The van der Waals surface area contributed by atoms with Crippen LogP contribution in [0.15, 0.2) is 40.9 Å². The molecule has 0 N–H and O–H groups in total. The minimum absolute atomic E-state index is 0.111. The summed E-state index contributed by atoms with van der Waals surface area (Å²) in [6.07, 6.45) is 0.514. The Balaban J connectivity index is 1.83. The molecule has 2 aromatic carbocycles. The van der Waals surface area contributed by atoms with Gasteiger partial charge in [0.1, 0.15) is 0 Å². The molecule has 0 fully saturated rings. The number of ether oxygens (including phenoxy) is 2. The van der Waals surface area contributed by atoms with Crippen molar-refractivity contribution in [3.8, 4) is 11.5 Å². The summed E-state index contributed by atoms with van der Waals surface area (Å²) in [7, 11) is 0. The number of rotatable bonds is 1. The van der Waals surface area contributed by atoms with E-state index < -0.39 is 0 Å². The molecule has 0 bridgehead atoms. The largest absolute Gasteiger partial charge is 0.454 e. The van der Waals surface area contributed by atoms with E-state index in [2.05, 4.69) is 28.1 Å². The van der Waals surface area contributed by atoms with Crippen LogP contribution in [-0.4, -0.2) is 12.6 Å². The Kier molecular flexibility index (Phi) is 2.60. The van der Waals surface area contributed by atoms with Crippen molar-refractivity contribution < 1.29 is 14.3 Å². The second-order valence-corrected chi connectivity index (χ2v) is 5.94. The van der Waals surface area contributed by atoms with Crippen molar-refractivity contribution in [2.45, 2.75) is 12.3 Å². The van der Waals surface area contributed by atoms with Crippen LogP contribution in [0.3, 0.4) is 0 Å². The number of hydrogen-bond donors (Lipinski definition) is 0. The van der Waals surface area contributed by atoms with Gasteiger partial charge in [0.15, 0.2) is 17.3 Å². The van der Waals surface area contributed by atoms with Crippen molar-refractivity contribution in [1.82, 2.24) is 0 Å². The van der Waals surface area contributed by atoms with Crippen LogP contribution in [0.1, 0.15) is 33.8 Å². The Morgan fingerprint density at radius 2 is 1.75 bits per heavy atom. The third-order valence-electron chi connectivity index (χ3n) is 3.88. The van der Waals surface area contributed by atoms with E-state index in [9.17, 15) is 4.79 Å². The molecule has 0 aromatic heterocycles. The first-order chi connectivity index (χ1) is 9.72. The molecule has 1 aliphatic carbocycles. The van der Waals surface area contributed by atoms with Crippen LogP contribution in [0.25, 0.3) is 0 Å². The molecule has 0 saturated carbocycles. The van der Waals surface area contributed by atoms with Crippen LogP contribution in [0.2, 0.25) is 0 Å². The molecule has 4 heteroatoms. The summed E-state index contributed by atoms with van der Waals surface area (Å²) in [6, 6.07) is 11.9. The zero-order valence-corrected chi connectivity index (χ0v) is 12.1. The van der Waals surface area contributed by atoms with E-state index in [0.717, 1.165) is 26.9 Å². The van der Waals surface area contributed by atoms with E-state index >= 15 is 0 Å². The smallest absolute Gasteiger partial charge is 0.231 e. The molecule has 1 atom stereocenters. The predicted molar refractivity (Wildman–Crippen MR) is 77.5 cm³/mol. The third kappa shape index (κ3) is 1.75. The van der Waals surface area contributed by atoms with Crippen molar-refractivity contribution in [2.24, 2.45) is 0 Å². The minimum Gasteiger partial charge on any atom is -0.454 e. The number of carbonyl (C=O) groups is 1. The lowest BCUT2D eigenvalue weighted by atomic mass is 9.93. The monoisotopic (exact) mass is 330 g/mol. The van der Waals surface area contributed by atoms with E-state index in [1.807, 2.05) is 24.3 Å². The molecule has 1 unspecified atom stereocenters. The number of ketones is 1. The Labute approximate surface area is 124 Å². The van der Waals surface area contributed by atoms with Gasteiger partial charge >= 0.3 is 0 Å². The maximum Gasteiger partial charge on any atom is 0.231 e. The van der Waals surface area contributed by atoms with Crippen molar-refractivity contribution in [3.05, 3.63) is 57.6 Å². The summed E-state index contributed by atoms with van der Waals surface area (Å²) in [6.45, 7) is 0.232. The van der Waals surface area contributed by atoms with Crippen molar-refractivity contribution >= 4 is 21.7 Å². The van der Waals surface area contributed by atoms with Crippen LogP contribution in [0.5, 0.6) is 11.5 Å². The lowest BCUT2D eigenvalue weighted by molar-refractivity contribution is 0.0991. The van der Waals surface area contributed by atoms with Gasteiger partial charge in [-0.3, -0.25) is 4.79 Å². The fourth-order valence-corrected chi connectivity index (χ4v) is 3.15. The molecule has 4 rings (SSSR count). The van der Waals surface area contributed by atoms with Gasteiger partial charge in [-0.15, -0.1) is 0 Å². The van der Waals surface area contributed by atoms with Gasteiger partial charge in [-0.25, -0.2) is 0 Å². The number of fused-ring (bicyclic) bond motifs is 2. The molecule has 1 heterocycles. The maximum atomic E-state index is 12.2. The molecule has 0 spiro atoms. The van der Waals surface area contributed by atoms with Gasteiger partial charge in [-0.2, -0.15) is 0 Å². The molecule has 20 heavy (non-hydrogen) atoms. The standard InChI is InChI=1S/C16H11BrO3/c17-10-3-1-9(2-4-10)11-5-14(18)13-7-16-15(6-12(11)13)19-8-20-16/h1-4,6-7,11H,5,8H2. The number of carbonyl (C=O) groups excluding carboxylic acids is 1. The molecule has 0 saturated heterocycles. The van der Waals surface area contributed by atoms with Gasteiger partial charge in [0, 0.05) is 22.4 Å². The fraction of sp³-hybridized carbons (Fsp3) is 0.188. The molecule has 0 radical (unpaired) electrons. The zero-order valence-electron chi connectivity index (χ0n) is 10.6. The molecular weight excluding hydrogens is 320 g/mol. The van der Waals surface area contributed by atoms with Gasteiger partial charge in [0.25, 0.3) is 0 Å². The molecule has 2 aliphatic rings. The normalized spacial score (nSPS) is 19.2. The Hall–Kier alpha value is -1.81. The first kappa shape index (κ1) is 12.0. The van der Waals surface area contributed by atoms with Crippen molar-refractivity contribution in [3.63, 3.8) is 0 Å². The Morgan fingerprint density at radius 3 is 2.50 bits per heavy atom. The Bertz CT molecular complexity index is 706. The second-order valence-electron chi connectivity index (χ2n) is 5.02. The van der Waals surface area contributed by atoms with Crippen molar-refractivity contribution in [2.75, 3.05) is 6.79 Å². The topological polar surface area (TPSA) is 35.5 Å². The van der Waals surface area contributed by atoms with Crippen LogP contribution in [0, 0.1) is 0 Å². The quantitative estimate of drug-likeness (QED) is 0.795. The highest BCUT2D eigenvalue weighted by atomic mass is 79.9. The van der Waals surface area contributed by atoms with E-state index in [1.165, 1.54) is 0 Å². The average molecular weight is 331 g/mol. The molecular formula is C16H11BrO3. The van der Waals surface area contributed by atoms with Crippen LogP contribution in [0.4, 0.5) is 0 Å². The Morgan fingerprint density at radius 1 is 1.05 bits per heavy atom. The molecule has 100 valence electrons. The van der Waals surface area contributed by atoms with Gasteiger partial charge in [-0.1, -0.05) is 28.1 Å². The number of benzene rings is 2. The van der Waals surface area contributed by atoms with E-state index in [1.54, 1.807) is 0 Å². The first-order valence-corrected chi connectivity index (χ1v) is 7.24. The average Bonchev–Trinajstić information content (AvgIpc) is 3.03. The molecule has 1 aliphatic heterocycles. The first-order valence-electron chi connectivity index (χ1n) is 6.44. The van der Waals surface area contributed by atoms with Gasteiger partial charge in [0.2, 0.25) is 6.79 Å². The summed E-state index contributed by atoms with van der Waals surface area (Å²) >= 11 is 3.43. The highest BCUT2D eigenvalue weighted by molar-refractivity contribution is 9.10. The lowest BCUT2D eigenvalue weighted by Crippen LogP contribution is -1.97. The van der Waals surface area contributed by atoms with Gasteiger partial charge in [-0.05, 0) is 35.4 Å². The summed E-state index contributed by atoms with van der Waals surface area (Å²) in [4.78, 5) is 12.2. The molecule has 3 nitrogen and oxygen atoms in total. The molecule has 2 aromatic rings. The van der Waals surface area contributed by atoms with E-state index in [-0.39, 0.29) is 18.5 Å². The third-order valence-corrected chi connectivity index (χ3v) is 4.41. The van der Waals surface area contributed by atoms with Crippen molar-refractivity contribution in [1.29, 1.82) is 0 Å². The SMILES string of the molecule is O=C1CC(c2ccc(Br)cc2)c2cc3c(cc21)OCO3. The zero-order chi connectivity index (χ0) is 13.7. The van der Waals surface area contributed by atoms with Crippen LogP contribution >= 0.6 is 15.9 Å². The van der Waals surface area contributed by atoms with Gasteiger partial charge < -0.3 is 9.47 Å². The summed E-state index contributed by atoms with van der Waals surface area (Å²) < 4.78 is 11.8. The lowest BCUT2D eigenvalue weighted by Gasteiger charge is -2.11. The minimum atomic E-state index is 0.111. The van der Waals surface area contributed by atoms with E-state index in [0.29, 0.717) is 12.2 Å². The molecule has 0 amide bonds. The highest BCUT2D eigenvalue weighted by Gasteiger charge is 2.33. The number of Topliss-reactive ketones (excluding diaryl/α,β-unsaturated/α-hetero) is 1. The fourth-order valence-electron chi connectivity index (χ4n) is 2.89. The summed E-state index contributed by atoms with van der Waals surface area (Å²) in [5.41, 5.74) is 2.96. The van der Waals surface area contributed by atoms with E-state index in [4.69, 9.17) is 9.47 Å². The van der Waals surface area contributed by atoms with Gasteiger partial charge in [0.05, 0.1) is 0 Å². The predicted octanol–water partition coefficient (Wildman–Crippen LogP) is 3.90. The number of hydrogen-bond acceptors (Lipinski definition) is 3. The highest BCUT2D eigenvalue weighted by Crippen LogP contribution is 2.44.